The number of halogens is 1. The minimum atomic E-state index is -0.454. The first-order valence-corrected chi connectivity index (χ1v) is 7.47. The molecule has 0 aliphatic heterocycles. The first-order chi connectivity index (χ1) is 10.5. The summed E-state index contributed by atoms with van der Waals surface area (Å²) < 4.78 is 0.963. The Labute approximate surface area is 136 Å². The fraction of sp³-hybridized carbons (Fsp3) is 0.188. The van der Waals surface area contributed by atoms with Gasteiger partial charge in [0.2, 0.25) is 5.91 Å². The van der Waals surface area contributed by atoms with E-state index in [4.69, 9.17) is 0 Å². The average Bonchev–Trinajstić information content (AvgIpc) is 2.50. The van der Waals surface area contributed by atoms with E-state index < -0.39 is 4.92 Å². The zero-order chi connectivity index (χ0) is 16.1. The monoisotopic (exact) mass is 362 g/mol. The standard InChI is InChI=1S/C16H15BrN2O3/c1-18(11-13-4-2-3-5-15(13)17)16(20)10-12-6-8-14(9-7-12)19(21)22/h2-9H,10-11H2,1H3. The molecule has 0 bridgehead atoms. The highest BCUT2D eigenvalue weighted by Gasteiger charge is 2.12. The second-order valence-electron chi connectivity index (χ2n) is 4.94. The predicted molar refractivity (Wildman–Crippen MR) is 87.4 cm³/mol. The van der Waals surface area contributed by atoms with E-state index in [0.717, 1.165) is 15.6 Å². The van der Waals surface area contributed by atoms with Crippen LogP contribution in [-0.4, -0.2) is 22.8 Å². The number of nitro benzene ring substituents is 1. The third-order valence-corrected chi connectivity index (χ3v) is 4.07. The Hall–Kier alpha value is -2.21. The van der Waals surface area contributed by atoms with Crippen molar-refractivity contribution in [2.45, 2.75) is 13.0 Å². The van der Waals surface area contributed by atoms with Crippen molar-refractivity contribution < 1.29 is 9.72 Å². The van der Waals surface area contributed by atoms with Crippen LogP contribution in [0.3, 0.4) is 0 Å². The van der Waals surface area contributed by atoms with Crippen LogP contribution in [0.25, 0.3) is 0 Å². The number of amides is 1. The van der Waals surface area contributed by atoms with Gasteiger partial charge >= 0.3 is 0 Å². The second-order valence-corrected chi connectivity index (χ2v) is 5.80. The first-order valence-electron chi connectivity index (χ1n) is 6.68. The molecule has 0 saturated carbocycles. The molecule has 22 heavy (non-hydrogen) atoms. The van der Waals surface area contributed by atoms with Gasteiger partial charge < -0.3 is 4.90 Å². The third kappa shape index (κ3) is 4.14. The lowest BCUT2D eigenvalue weighted by Gasteiger charge is -2.18. The van der Waals surface area contributed by atoms with Crippen molar-refractivity contribution in [3.05, 3.63) is 74.2 Å². The lowest BCUT2D eigenvalue weighted by molar-refractivity contribution is -0.384. The van der Waals surface area contributed by atoms with Gasteiger partial charge in [0.1, 0.15) is 0 Å². The van der Waals surface area contributed by atoms with Gasteiger partial charge in [0.15, 0.2) is 0 Å². The normalized spacial score (nSPS) is 10.3. The van der Waals surface area contributed by atoms with E-state index in [2.05, 4.69) is 15.9 Å². The lowest BCUT2D eigenvalue weighted by atomic mass is 10.1. The molecule has 0 spiro atoms. The van der Waals surface area contributed by atoms with Crippen molar-refractivity contribution in [3.8, 4) is 0 Å². The Kier molecular flexibility index (Phi) is 5.27. The first kappa shape index (κ1) is 16.2. The van der Waals surface area contributed by atoms with Gasteiger partial charge in [-0.25, -0.2) is 0 Å². The highest BCUT2D eigenvalue weighted by atomic mass is 79.9. The van der Waals surface area contributed by atoms with Gasteiger partial charge in [0.05, 0.1) is 11.3 Å². The predicted octanol–water partition coefficient (Wildman–Crippen LogP) is 3.56. The fourth-order valence-corrected chi connectivity index (χ4v) is 2.43. The van der Waals surface area contributed by atoms with Gasteiger partial charge in [-0.3, -0.25) is 14.9 Å². The largest absolute Gasteiger partial charge is 0.341 e. The zero-order valence-electron chi connectivity index (χ0n) is 12.0. The number of hydrogen-bond acceptors (Lipinski definition) is 3. The highest BCUT2D eigenvalue weighted by molar-refractivity contribution is 9.10. The summed E-state index contributed by atoms with van der Waals surface area (Å²) in [4.78, 5) is 24.0. The van der Waals surface area contributed by atoms with Gasteiger partial charge in [0, 0.05) is 30.2 Å². The molecule has 0 aliphatic carbocycles. The smallest absolute Gasteiger partial charge is 0.269 e. The van der Waals surface area contributed by atoms with E-state index >= 15 is 0 Å². The molecule has 0 saturated heterocycles. The number of likely N-dealkylation sites (N-methyl/N-ethyl adjacent to an activating group) is 1. The number of carbonyl (C=O) groups is 1. The number of benzene rings is 2. The van der Waals surface area contributed by atoms with Crippen molar-refractivity contribution in [1.82, 2.24) is 4.90 Å². The molecule has 0 atom stereocenters. The van der Waals surface area contributed by atoms with Crippen LogP contribution in [0.15, 0.2) is 53.0 Å². The number of carbonyl (C=O) groups excluding carboxylic acids is 1. The van der Waals surface area contributed by atoms with Crippen molar-refractivity contribution in [2.24, 2.45) is 0 Å². The van der Waals surface area contributed by atoms with Crippen LogP contribution in [0.1, 0.15) is 11.1 Å². The molecule has 2 aromatic rings. The van der Waals surface area contributed by atoms with Crippen molar-refractivity contribution in [1.29, 1.82) is 0 Å². The number of nitro groups is 1. The molecule has 0 heterocycles. The van der Waals surface area contributed by atoms with Crippen molar-refractivity contribution in [2.75, 3.05) is 7.05 Å². The van der Waals surface area contributed by atoms with Crippen molar-refractivity contribution in [3.63, 3.8) is 0 Å². The van der Waals surface area contributed by atoms with Crippen LogP contribution < -0.4 is 0 Å². The van der Waals surface area contributed by atoms with Crippen LogP contribution in [-0.2, 0) is 17.8 Å². The Morgan fingerprint density at radius 1 is 1.18 bits per heavy atom. The molecule has 0 radical (unpaired) electrons. The van der Waals surface area contributed by atoms with Crippen LogP contribution in [0, 0.1) is 10.1 Å². The van der Waals surface area contributed by atoms with Gasteiger partial charge in [-0.05, 0) is 17.2 Å². The maximum Gasteiger partial charge on any atom is 0.269 e. The highest BCUT2D eigenvalue weighted by Crippen LogP contribution is 2.18. The van der Waals surface area contributed by atoms with Gasteiger partial charge in [0.25, 0.3) is 5.69 Å². The molecular formula is C16H15BrN2O3. The van der Waals surface area contributed by atoms with Crippen LogP contribution >= 0.6 is 15.9 Å². The second kappa shape index (κ2) is 7.17. The van der Waals surface area contributed by atoms with E-state index in [1.165, 1.54) is 12.1 Å². The summed E-state index contributed by atoms with van der Waals surface area (Å²) in [6.45, 7) is 0.507. The summed E-state index contributed by atoms with van der Waals surface area (Å²) in [5.41, 5.74) is 1.81. The summed E-state index contributed by atoms with van der Waals surface area (Å²) in [5, 5.41) is 10.6. The Morgan fingerprint density at radius 2 is 1.82 bits per heavy atom. The molecule has 0 fully saturated rings. The molecule has 2 rings (SSSR count). The average molecular weight is 363 g/mol. The van der Waals surface area contributed by atoms with E-state index in [0.29, 0.717) is 6.54 Å². The van der Waals surface area contributed by atoms with Crippen LogP contribution in [0.4, 0.5) is 5.69 Å². The molecule has 114 valence electrons. The molecular weight excluding hydrogens is 348 g/mol. The summed E-state index contributed by atoms with van der Waals surface area (Å²) in [6, 6.07) is 13.8. The molecule has 0 N–H and O–H groups in total. The Bertz CT molecular complexity index is 686. The van der Waals surface area contributed by atoms with E-state index in [-0.39, 0.29) is 18.0 Å². The SMILES string of the molecule is CN(Cc1ccccc1Br)C(=O)Cc1ccc([N+](=O)[O-])cc1. The van der Waals surface area contributed by atoms with E-state index in [1.54, 1.807) is 24.1 Å². The molecule has 0 unspecified atom stereocenters. The molecule has 6 heteroatoms. The van der Waals surface area contributed by atoms with Crippen LogP contribution in [0.2, 0.25) is 0 Å². The lowest BCUT2D eigenvalue weighted by Crippen LogP contribution is -2.27. The van der Waals surface area contributed by atoms with Crippen molar-refractivity contribution >= 4 is 27.5 Å². The van der Waals surface area contributed by atoms with E-state index in [1.807, 2.05) is 24.3 Å². The summed E-state index contributed by atoms with van der Waals surface area (Å²) >= 11 is 3.46. The minimum Gasteiger partial charge on any atom is -0.341 e. The fourth-order valence-electron chi connectivity index (χ4n) is 2.02. The van der Waals surface area contributed by atoms with Gasteiger partial charge in [-0.1, -0.05) is 46.3 Å². The number of rotatable bonds is 5. The van der Waals surface area contributed by atoms with Crippen LogP contribution in [0.5, 0.6) is 0 Å². The Morgan fingerprint density at radius 3 is 2.41 bits per heavy atom. The molecule has 2 aromatic carbocycles. The quantitative estimate of drug-likeness (QED) is 0.603. The van der Waals surface area contributed by atoms with Gasteiger partial charge in [-0.2, -0.15) is 0 Å². The number of non-ortho nitro benzene ring substituents is 1. The summed E-state index contributed by atoms with van der Waals surface area (Å²) in [6.07, 6.45) is 0.221. The minimum absolute atomic E-state index is 0.0257. The number of nitrogens with zero attached hydrogens (tertiary/aromatic N) is 2. The summed E-state index contributed by atoms with van der Waals surface area (Å²) in [5.74, 6) is -0.0374. The topological polar surface area (TPSA) is 63.5 Å². The molecule has 1 amide bonds. The number of hydrogen-bond donors (Lipinski definition) is 0. The Balaban J connectivity index is 1.99. The van der Waals surface area contributed by atoms with Gasteiger partial charge in [-0.15, -0.1) is 0 Å². The zero-order valence-corrected chi connectivity index (χ0v) is 13.6. The summed E-state index contributed by atoms with van der Waals surface area (Å²) in [7, 11) is 1.74. The third-order valence-electron chi connectivity index (χ3n) is 3.29. The molecule has 0 aromatic heterocycles. The molecule has 5 nitrogen and oxygen atoms in total. The maximum atomic E-state index is 12.2. The molecule has 0 aliphatic rings. The van der Waals surface area contributed by atoms with E-state index in [9.17, 15) is 14.9 Å². The maximum absolute atomic E-state index is 12.2.